The molecule has 2 aromatic carbocycles. The van der Waals surface area contributed by atoms with Crippen LogP contribution in [0.5, 0.6) is 17.2 Å². The molecule has 3 amide bonds. The minimum Gasteiger partial charge on any atom is -0.495 e. The lowest BCUT2D eigenvalue weighted by atomic mass is 10.2. The maximum Gasteiger partial charge on any atom is 0.573 e. The molecule has 0 aliphatic rings. The van der Waals surface area contributed by atoms with Gasteiger partial charge in [-0.2, -0.15) is 0 Å². The van der Waals surface area contributed by atoms with Gasteiger partial charge in [-0.05, 0) is 35.9 Å². The number of amides is 3. The van der Waals surface area contributed by atoms with Crippen molar-refractivity contribution in [3.05, 3.63) is 77.6 Å². The summed E-state index contributed by atoms with van der Waals surface area (Å²) in [4.78, 5) is 27.6. The van der Waals surface area contributed by atoms with E-state index in [0.717, 1.165) is 12.1 Å². The summed E-state index contributed by atoms with van der Waals surface area (Å²) in [5, 5.41) is 5.05. The zero-order valence-electron chi connectivity index (χ0n) is 18.4. The summed E-state index contributed by atoms with van der Waals surface area (Å²) in [5.41, 5.74) is 6.63. The molecule has 0 radical (unpaired) electrons. The minimum absolute atomic E-state index is 0.0146. The van der Waals surface area contributed by atoms with Crippen LogP contribution in [0.15, 0.2) is 60.8 Å². The third kappa shape index (κ3) is 7.52. The number of benzene rings is 2. The van der Waals surface area contributed by atoms with Crippen molar-refractivity contribution in [2.45, 2.75) is 19.5 Å². The largest absolute Gasteiger partial charge is 0.573 e. The van der Waals surface area contributed by atoms with E-state index in [1.54, 1.807) is 30.3 Å². The summed E-state index contributed by atoms with van der Waals surface area (Å²) in [6, 6.07) is 12.7. The molecular weight excluding hydrogens is 469 g/mol. The van der Waals surface area contributed by atoms with Crippen molar-refractivity contribution in [2.24, 2.45) is 5.73 Å². The van der Waals surface area contributed by atoms with Crippen LogP contribution in [-0.4, -0.2) is 30.4 Å². The number of nitrogens with one attached hydrogen (secondary N) is 2. The number of urea groups is 1. The van der Waals surface area contributed by atoms with Crippen molar-refractivity contribution in [1.29, 1.82) is 0 Å². The zero-order chi connectivity index (χ0) is 25.4. The normalized spacial score (nSPS) is 10.9. The van der Waals surface area contributed by atoms with E-state index in [1.165, 1.54) is 25.4 Å². The first-order chi connectivity index (χ1) is 16.6. The maximum atomic E-state index is 12.5. The Hall–Kier alpha value is -4.48. The summed E-state index contributed by atoms with van der Waals surface area (Å²) < 4.78 is 52.3. The molecule has 0 unspecified atom stereocenters. The Labute approximate surface area is 198 Å². The Bertz CT molecular complexity index is 1200. The number of carbonyl (C=O) groups is 2. The molecule has 0 saturated heterocycles. The number of primary amides is 1. The lowest BCUT2D eigenvalue weighted by Crippen LogP contribution is -2.28. The molecule has 4 N–H and O–H groups in total. The number of para-hydroxylation sites is 1. The fraction of sp³-hybridized carbons (Fsp3) is 0.174. The molecule has 0 saturated carbocycles. The van der Waals surface area contributed by atoms with Gasteiger partial charge in [-0.15, -0.1) is 13.2 Å². The lowest BCUT2D eigenvalue weighted by Gasteiger charge is -2.15. The van der Waals surface area contributed by atoms with Gasteiger partial charge in [-0.25, -0.2) is 4.79 Å². The first-order valence-corrected chi connectivity index (χ1v) is 10.1. The first-order valence-electron chi connectivity index (χ1n) is 10.1. The van der Waals surface area contributed by atoms with Crippen LogP contribution in [0.1, 0.15) is 21.6 Å². The smallest absolute Gasteiger partial charge is 0.495 e. The third-order valence-electron chi connectivity index (χ3n) is 4.54. The van der Waals surface area contributed by atoms with Gasteiger partial charge < -0.3 is 30.6 Å². The second-order valence-electron chi connectivity index (χ2n) is 7.03. The average Bonchev–Trinajstić information content (AvgIpc) is 2.81. The van der Waals surface area contributed by atoms with Crippen molar-refractivity contribution in [3.8, 4) is 17.2 Å². The predicted molar refractivity (Wildman–Crippen MR) is 119 cm³/mol. The molecule has 12 heteroatoms. The third-order valence-corrected chi connectivity index (χ3v) is 4.54. The van der Waals surface area contributed by atoms with Gasteiger partial charge in [0.05, 0.1) is 12.8 Å². The van der Waals surface area contributed by atoms with Gasteiger partial charge in [0.15, 0.2) is 0 Å². The molecule has 0 aliphatic heterocycles. The van der Waals surface area contributed by atoms with Crippen LogP contribution >= 0.6 is 0 Å². The number of ether oxygens (including phenoxy) is 3. The van der Waals surface area contributed by atoms with Crippen LogP contribution in [0.2, 0.25) is 0 Å². The van der Waals surface area contributed by atoms with E-state index < -0.39 is 24.1 Å². The van der Waals surface area contributed by atoms with Crippen LogP contribution in [0.4, 0.5) is 23.7 Å². The van der Waals surface area contributed by atoms with E-state index in [4.69, 9.17) is 15.2 Å². The van der Waals surface area contributed by atoms with Crippen LogP contribution in [0, 0.1) is 0 Å². The molecular formula is C23H21F3N4O5. The number of pyridine rings is 1. The van der Waals surface area contributed by atoms with Gasteiger partial charge in [0.25, 0.3) is 5.91 Å². The van der Waals surface area contributed by atoms with E-state index in [0.29, 0.717) is 16.9 Å². The summed E-state index contributed by atoms with van der Waals surface area (Å²) in [6.07, 6.45) is -3.44. The van der Waals surface area contributed by atoms with Crippen LogP contribution in [0.3, 0.4) is 0 Å². The molecule has 0 spiro atoms. The molecule has 0 atom stereocenters. The number of alkyl halides is 3. The van der Waals surface area contributed by atoms with Gasteiger partial charge in [0.1, 0.15) is 29.5 Å². The monoisotopic (exact) mass is 490 g/mol. The highest BCUT2D eigenvalue weighted by Crippen LogP contribution is 2.32. The molecule has 35 heavy (non-hydrogen) atoms. The summed E-state index contributed by atoms with van der Waals surface area (Å²) in [5.74, 6) is -0.549. The van der Waals surface area contributed by atoms with Gasteiger partial charge in [0, 0.05) is 24.4 Å². The van der Waals surface area contributed by atoms with Crippen molar-refractivity contribution >= 4 is 17.6 Å². The Morgan fingerprint density at radius 3 is 2.54 bits per heavy atom. The summed E-state index contributed by atoms with van der Waals surface area (Å²) >= 11 is 0. The predicted octanol–water partition coefficient (Wildman–Crippen LogP) is 3.99. The highest BCUT2D eigenvalue weighted by Gasteiger charge is 2.31. The molecule has 3 aromatic rings. The molecule has 184 valence electrons. The Morgan fingerprint density at radius 2 is 1.83 bits per heavy atom. The van der Waals surface area contributed by atoms with Gasteiger partial charge in [-0.3, -0.25) is 9.78 Å². The van der Waals surface area contributed by atoms with Crippen molar-refractivity contribution in [2.75, 3.05) is 12.4 Å². The molecule has 9 nitrogen and oxygen atoms in total. The van der Waals surface area contributed by atoms with E-state index in [9.17, 15) is 22.8 Å². The van der Waals surface area contributed by atoms with Crippen LogP contribution < -0.4 is 30.6 Å². The lowest BCUT2D eigenvalue weighted by molar-refractivity contribution is -0.274. The van der Waals surface area contributed by atoms with Crippen LogP contribution in [0.25, 0.3) is 0 Å². The quantitative estimate of drug-likeness (QED) is 0.417. The average molecular weight is 490 g/mol. The fourth-order valence-electron chi connectivity index (χ4n) is 2.97. The number of rotatable bonds is 9. The number of carbonyl (C=O) groups excluding carboxylic acids is 2. The number of hydrogen-bond donors (Lipinski definition) is 3. The van der Waals surface area contributed by atoms with Crippen molar-refractivity contribution < 1.29 is 37.0 Å². The van der Waals surface area contributed by atoms with Crippen molar-refractivity contribution in [3.63, 3.8) is 0 Å². The molecule has 1 aromatic heterocycles. The first kappa shape index (κ1) is 25.1. The SMILES string of the molecule is COc1ccc(OC(F)(F)F)cc1NC(=O)NCc1ccccc1OCc1ccnc(C(N)=O)c1. The van der Waals surface area contributed by atoms with E-state index in [-0.39, 0.29) is 30.3 Å². The maximum absolute atomic E-state index is 12.5. The molecule has 0 bridgehead atoms. The Balaban J connectivity index is 1.63. The van der Waals surface area contributed by atoms with E-state index >= 15 is 0 Å². The molecule has 0 aliphatic carbocycles. The minimum atomic E-state index is -4.88. The fourth-order valence-corrected chi connectivity index (χ4v) is 2.97. The number of hydrogen-bond acceptors (Lipinski definition) is 6. The standard InChI is InChI=1S/C23H21F3N4O5/c1-33-20-7-6-16(35-23(24,25)26)11-17(20)30-22(32)29-12-15-4-2-3-5-19(15)34-13-14-8-9-28-18(10-14)21(27)31/h2-11H,12-13H2,1H3,(H2,27,31)(H2,29,30,32). The second-order valence-corrected chi connectivity index (χ2v) is 7.03. The topological polar surface area (TPSA) is 125 Å². The van der Waals surface area contributed by atoms with Crippen molar-refractivity contribution in [1.82, 2.24) is 10.3 Å². The molecule has 0 fully saturated rings. The number of aromatic nitrogens is 1. The molecule has 1 heterocycles. The summed E-state index contributed by atoms with van der Waals surface area (Å²) in [7, 11) is 1.31. The van der Waals surface area contributed by atoms with Gasteiger partial charge in [-0.1, -0.05) is 18.2 Å². The Morgan fingerprint density at radius 1 is 1.06 bits per heavy atom. The summed E-state index contributed by atoms with van der Waals surface area (Å²) in [6.45, 7) is 0.168. The highest BCUT2D eigenvalue weighted by molar-refractivity contribution is 5.91. The van der Waals surface area contributed by atoms with Crippen LogP contribution in [-0.2, 0) is 13.2 Å². The van der Waals surface area contributed by atoms with E-state index in [2.05, 4.69) is 20.4 Å². The second kappa shape index (κ2) is 11.1. The number of halogens is 3. The number of nitrogens with zero attached hydrogens (tertiary/aromatic N) is 1. The van der Waals surface area contributed by atoms with Gasteiger partial charge >= 0.3 is 12.4 Å². The number of methoxy groups -OCH3 is 1. The highest BCUT2D eigenvalue weighted by atomic mass is 19.4. The van der Waals surface area contributed by atoms with Gasteiger partial charge in [0.2, 0.25) is 0 Å². The Kier molecular flexibility index (Phi) is 7.97. The number of nitrogens with two attached hydrogens (primary N) is 1. The zero-order valence-corrected chi connectivity index (χ0v) is 18.4. The molecule has 3 rings (SSSR count). The van der Waals surface area contributed by atoms with E-state index in [1.807, 2.05) is 0 Å². The number of anilines is 1.